The predicted molar refractivity (Wildman–Crippen MR) is 78.0 cm³/mol. The molecule has 1 aliphatic rings. The van der Waals surface area contributed by atoms with Crippen molar-refractivity contribution in [1.82, 2.24) is 10.2 Å². The highest BCUT2D eigenvalue weighted by atomic mass is 32.1. The number of fused-ring (bicyclic) bond motifs is 1. The number of carbonyl (C=O) groups is 2. The van der Waals surface area contributed by atoms with E-state index < -0.39 is 12.0 Å². The van der Waals surface area contributed by atoms with E-state index in [9.17, 15) is 14.7 Å². The van der Waals surface area contributed by atoms with Gasteiger partial charge in [0.1, 0.15) is 0 Å². The molecule has 1 aromatic rings. The van der Waals surface area contributed by atoms with Gasteiger partial charge in [-0.15, -0.1) is 11.3 Å². The fourth-order valence-electron chi connectivity index (χ4n) is 2.25. The Kier molecular flexibility index (Phi) is 4.04. The van der Waals surface area contributed by atoms with Gasteiger partial charge in [-0.1, -0.05) is 6.92 Å². The molecule has 2 N–H and O–H groups in total. The van der Waals surface area contributed by atoms with E-state index in [2.05, 4.69) is 5.32 Å². The molecule has 1 atom stereocenters. The molecule has 20 heavy (non-hydrogen) atoms. The van der Waals surface area contributed by atoms with Crippen molar-refractivity contribution in [1.29, 1.82) is 0 Å². The summed E-state index contributed by atoms with van der Waals surface area (Å²) >= 11 is 1.56. The number of thiophene rings is 1. The number of carboxylic acids is 1. The van der Waals surface area contributed by atoms with Gasteiger partial charge in [0.05, 0.1) is 0 Å². The molecular weight excluding hydrogens is 276 g/mol. The van der Waals surface area contributed by atoms with Crippen molar-refractivity contribution in [3.05, 3.63) is 21.9 Å². The number of rotatable bonds is 3. The molecule has 0 saturated carbocycles. The quantitative estimate of drug-likeness (QED) is 0.901. The van der Waals surface area contributed by atoms with Crippen LogP contribution < -0.4 is 5.32 Å². The fraction of sp³-hybridized carbons (Fsp3) is 0.571. The van der Waals surface area contributed by atoms with Gasteiger partial charge >= 0.3 is 12.0 Å². The number of nitrogens with zero attached hydrogens (tertiary/aromatic N) is 1. The Balaban J connectivity index is 2.24. The van der Waals surface area contributed by atoms with Crippen LogP contribution in [0.5, 0.6) is 0 Å². The van der Waals surface area contributed by atoms with Crippen LogP contribution in [0.15, 0.2) is 11.4 Å². The zero-order chi connectivity index (χ0) is 14.9. The molecule has 2 rings (SSSR count). The van der Waals surface area contributed by atoms with Gasteiger partial charge in [0.15, 0.2) is 6.04 Å². The SMILES string of the molecule is CCC(C)(C)NC(=O)N1CCc2sccc2C1C(=O)O. The molecule has 1 aromatic heterocycles. The smallest absolute Gasteiger partial charge is 0.331 e. The molecule has 0 aromatic carbocycles. The minimum absolute atomic E-state index is 0.305. The first kappa shape index (κ1) is 14.8. The number of urea groups is 1. The largest absolute Gasteiger partial charge is 0.479 e. The van der Waals surface area contributed by atoms with Crippen molar-refractivity contribution < 1.29 is 14.7 Å². The van der Waals surface area contributed by atoms with Gasteiger partial charge in [-0.25, -0.2) is 9.59 Å². The van der Waals surface area contributed by atoms with E-state index in [-0.39, 0.29) is 11.6 Å². The summed E-state index contributed by atoms with van der Waals surface area (Å²) in [6.45, 7) is 6.29. The molecule has 0 radical (unpaired) electrons. The van der Waals surface area contributed by atoms with Gasteiger partial charge in [-0.05, 0) is 43.7 Å². The first-order valence-electron chi connectivity index (χ1n) is 6.73. The zero-order valence-corrected chi connectivity index (χ0v) is 12.8. The van der Waals surface area contributed by atoms with Gasteiger partial charge in [-0.2, -0.15) is 0 Å². The first-order valence-corrected chi connectivity index (χ1v) is 7.61. The van der Waals surface area contributed by atoms with Crippen molar-refractivity contribution in [3.8, 4) is 0 Å². The molecule has 0 aliphatic carbocycles. The summed E-state index contributed by atoms with van der Waals surface area (Å²) in [4.78, 5) is 26.4. The Morgan fingerprint density at radius 3 is 2.85 bits per heavy atom. The second kappa shape index (κ2) is 5.44. The molecule has 0 spiro atoms. The Bertz CT molecular complexity index is 524. The van der Waals surface area contributed by atoms with Crippen LogP contribution in [-0.4, -0.2) is 34.1 Å². The lowest BCUT2D eigenvalue weighted by molar-refractivity contribution is -0.142. The maximum atomic E-state index is 12.4. The van der Waals surface area contributed by atoms with Crippen molar-refractivity contribution in [3.63, 3.8) is 0 Å². The molecule has 0 bridgehead atoms. The summed E-state index contributed by atoms with van der Waals surface area (Å²) in [6.07, 6.45) is 1.50. The fourth-order valence-corrected chi connectivity index (χ4v) is 3.15. The third-order valence-electron chi connectivity index (χ3n) is 3.79. The number of aliphatic carboxylic acids is 1. The Morgan fingerprint density at radius 2 is 2.25 bits per heavy atom. The van der Waals surface area contributed by atoms with Gasteiger partial charge in [0, 0.05) is 17.0 Å². The number of hydrogen-bond acceptors (Lipinski definition) is 3. The molecule has 1 unspecified atom stereocenters. The van der Waals surface area contributed by atoms with Crippen LogP contribution in [0.1, 0.15) is 43.7 Å². The third kappa shape index (κ3) is 2.80. The Labute approximate surface area is 122 Å². The van der Waals surface area contributed by atoms with E-state index in [1.807, 2.05) is 32.2 Å². The third-order valence-corrected chi connectivity index (χ3v) is 4.79. The lowest BCUT2D eigenvalue weighted by Crippen LogP contribution is -2.53. The van der Waals surface area contributed by atoms with Crippen LogP contribution in [-0.2, 0) is 11.2 Å². The van der Waals surface area contributed by atoms with Crippen molar-refractivity contribution in [2.45, 2.75) is 45.2 Å². The van der Waals surface area contributed by atoms with Crippen LogP contribution in [0.3, 0.4) is 0 Å². The highest BCUT2D eigenvalue weighted by Crippen LogP contribution is 2.33. The highest BCUT2D eigenvalue weighted by molar-refractivity contribution is 7.10. The lowest BCUT2D eigenvalue weighted by Gasteiger charge is -2.36. The minimum Gasteiger partial charge on any atom is -0.479 e. The molecule has 1 aliphatic heterocycles. The Hall–Kier alpha value is -1.56. The maximum absolute atomic E-state index is 12.4. The molecule has 6 heteroatoms. The van der Waals surface area contributed by atoms with E-state index in [0.29, 0.717) is 6.54 Å². The highest BCUT2D eigenvalue weighted by Gasteiger charge is 2.37. The standard InChI is InChI=1S/C14H20N2O3S/c1-4-14(2,3)15-13(19)16-7-5-10-9(6-8-20-10)11(16)12(17)18/h6,8,11H,4-5,7H2,1-3H3,(H,15,19)(H,17,18). The molecule has 5 nitrogen and oxygen atoms in total. The molecular formula is C14H20N2O3S. The normalized spacial score (nSPS) is 18.6. The number of carboxylic acid groups (broad SMARTS) is 1. The van der Waals surface area contributed by atoms with Crippen LogP contribution in [0.2, 0.25) is 0 Å². The maximum Gasteiger partial charge on any atom is 0.331 e. The number of hydrogen-bond donors (Lipinski definition) is 2. The van der Waals surface area contributed by atoms with Gasteiger partial charge < -0.3 is 15.3 Å². The topological polar surface area (TPSA) is 69.6 Å². The van der Waals surface area contributed by atoms with Crippen molar-refractivity contribution in [2.75, 3.05) is 6.54 Å². The molecule has 0 fully saturated rings. The van der Waals surface area contributed by atoms with Crippen LogP contribution in [0, 0.1) is 0 Å². The van der Waals surface area contributed by atoms with E-state index in [0.717, 1.165) is 23.3 Å². The lowest BCUT2D eigenvalue weighted by atomic mass is 9.99. The number of nitrogens with one attached hydrogen (secondary N) is 1. The van der Waals surface area contributed by atoms with Gasteiger partial charge in [-0.3, -0.25) is 0 Å². The molecule has 110 valence electrons. The first-order chi connectivity index (χ1) is 9.35. The second-order valence-corrected chi connectivity index (χ2v) is 6.65. The average molecular weight is 296 g/mol. The zero-order valence-electron chi connectivity index (χ0n) is 12.0. The summed E-state index contributed by atoms with van der Waals surface area (Å²) in [7, 11) is 0. The van der Waals surface area contributed by atoms with E-state index in [1.165, 1.54) is 4.90 Å². The van der Waals surface area contributed by atoms with Gasteiger partial charge in [0.2, 0.25) is 0 Å². The summed E-state index contributed by atoms with van der Waals surface area (Å²) in [5.74, 6) is -0.978. The van der Waals surface area contributed by atoms with Gasteiger partial charge in [0.25, 0.3) is 0 Å². The summed E-state index contributed by atoms with van der Waals surface area (Å²) in [6, 6.07) is 0.627. The van der Waals surface area contributed by atoms with E-state index >= 15 is 0 Å². The van der Waals surface area contributed by atoms with E-state index in [4.69, 9.17) is 0 Å². The van der Waals surface area contributed by atoms with Crippen molar-refractivity contribution in [2.24, 2.45) is 0 Å². The number of amides is 2. The molecule has 0 saturated heterocycles. The average Bonchev–Trinajstić information content (AvgIpc) is 2.84. The molecule has 2 amide bonds. The molecule has 2 heterocycles. The van der Waals surface area contributed by atoms with Crippen molar-refractivity contribution >= 4 is 23.3 Å². The van der Waals surface area contributed by atoms with Crippen LogP contribution >= 0.6 is 11.3 Å². The minimum atomic E-state index is -0.978. The van der Waals surface area contributed by atoms with Crippen LogP contribution in [0.25, 0.3) is 0 Å². The number of carbonyl (C=O) groups excluding carboxylic acids is 1. The van der Waals surface area contributed by atoms with Crippen LogP contribution in [0.4, 0.5) is 4.79 Å². The monoisotopic (exact) mass is 296 g/mol. The summed E-state index contributed by atoms with van der Waals surface area (Å²) < 4.78 is 0. The summed E-state index contributed by atoms with van der Waals surface area (Å²) in [5.41, 5.74) is 0.410. The predicted octanol–water partition coefficient (Wildman–Crippen LogP) is 2.63. The van der Waals surface area contributed by atoms with E-state index in [1.54, 1.807) is 11.3 Å². The summed E-state index contributed by atoms with van der Waals surface area (Å²) in [5, 5.41) is 14.3. The second-order valence-electron chi connectivity index (χ2n) is 5.65. The Morgan fingerprint density at radius 1 is 1.55 bits per heavy atom.